The molecular weight excluding hydrogens is 461 g/mol. The van der Waals surface area contributed by atoms with Gasteiger partial charge in [-0.3, -0.25) is 4.79 Å². The van der Waals surface area contributed by atoms with Crippen LogP contribution in [0.3, 0.4) is 0 Å². The molecule has 3 aromatic rings. The van der Waals surface area contributed by atoms with Gasteiger partial charge in [-0.05, 0) is 60.0 Å². The van der Waals surface area contributed by atoms with Gasteiger partial charge in [0.15, 0.2) is 0 Å². The van der Waals surface area contributed by atoms with Crippen LogP contribution in [-0.2, 0) is 24.2 Å². The molecule has 7 heteroatoms. The molecule has 0 fully saturated rings. The van der Waals surface area contributed by atoms with Crippen LogP contribution in [0.15, 0.2) is 71.6 Å². The highest BCUT2D eigenvalue weighted by molar-refractivity contribution is 7.97. The molecule has 0 bridgehead atoms. The van der Waals surface area contributed by atoms with Crippen LogP contribution in [-0.4, -0.2) is 23.4 Å². The molecule has 1 aliphatic heterocycles. The van der Waals surface area contributed by atoms with E-state index in [0.717, 1.165) is 12.8 Å². The van der Waals surface area contributed by atoms with Crippen LogP contribution in [0, 0.1) is 0 Å². The van der Waals surface area contributed by atoms with E-state index in [0.29, 0.717) is 40.1 Å². The van der Waals surface area contributed by atoms with Crippen molar-refractivity contribution in [1.82, 2.24) is 9.62 Å². The van der Waals surface area contributed by atoms with Gasteiger partial charge in [0.2, 0.25) is 5.91 Å². The number of anilines is 1. The summed E-state index contributed by atoms with van der Waals surface area (Å²) in [6.07, 6.45) is 2.33. The van der Waals surface area contributed by atoms with E-state index >= 15 is 0 Å². The number of halogens is 2. The van der Waals surface area contributed by atoms with Crippen LogP contribution >= 0.6 is 35.1 Å². The Kier molecular flexibility index (Phi) is 7.63. The zero-order chi connectivity index (χ0) is 22.5. The number of fused-ring (bicyclic) bond motifs is 1. The molecule has 0 radical (unpaired) electrons. The number of aryl methyl sites for hydroxylation is 1. The molecule has 1 unspecified atom stereocenters. The summed E-state index contributed by atoms with van der Waals surface area (Å²) < 4.78 is 3.35. The van der Waals surface area contributed by atoms with Gasteiger partial charge in [0.05, 0.1) is 16.0 Å². The van der Waals surface area contributed by atoms with Gasteiger partial charge in [0, 0.05) is 23.8 Å². The van der Waals surface area contributed by atoms with Gasteiger partial charge < -0.3 is 10.6 Å². The Morgan fingerprint density at radius 3 is 2.53 bits per heavy atom. The zero-order valence-corrected chi connectivity index (χ0v) is 19.9. The van der Waals surface area contributed by atoms with Gasteiger partial charge in [0.25, 0.3) is 0 Å². The molecule has 1 aliphatic rings. The number of benzene rings is 3. The van der Waals surface area contributed by atoms with Crippen LogP contribution in [0.2, 0.25) is 10.0 Å². The predicted molar refractivity (Wildman–Crippen MR) is 134 cm³/mol. The molecule has 1 amide bonds. The second-order valence-corrected chi connectivity index (χ2v) is 9.57. The summed E-state index contributed by atoms with van der Waals surface area (Å²) in [5.74, 6) is 0.0894. The lowest BCUT2D eigenvalue weighted by Crippen LogP contribution is -2.46. The van der Waals surface area contributed by atoms with E-state index in [1.54, 1.807) is 12.1 Å². The molecule has 0 aliphatic carbocycles. The average Bonchev–Trinajstić information content (AvgIpc) is 2.80. The first-order chi connectivity index (χ1) is 15.5. The van der Waals surface area contributed by atoms with E-state index in [-0.39, 0.29) is 11.9 Å². The normalized spacial score (nSPS) is 14.1. The number of carbonyl (C=O) groups is 1. The predicted octanol–water partition coefficient (Wildman–Crippen LogP) is 5.76. The van der Waals surface area contributed by atoms with Gasteiger partial charge in [-0.1, -0.05) is 77.8 Å². The fourth-order valence-corrected chi connectivity index (χ4v) is 5.35. The number of nitrogens with zero attached hydrogens (tertiary/aromatic N) is 1. The van der Waals surface area contributed by atoms with E-state index in [2.05, 4.69) is 35.1 Å². The van der Waals surface area contributed by atoms with Gasteiger partial charge in [-0.15, -0.1) is 0 Å². The largest absolute Gasteiger partial charge is 0.398 e. The first kappa shape index (κ1) is 23.0. The Labute approximate surface area is 203 Å². The lowest BCUT2D eigenvalue weighted by Gasteiger charge is -2.32. The Hall–Kier alpha value is -2.18. The average molecular weight is 486 g/mol. The van der Waals surface area contributed by atoms with E-state index in [4.69, 9.17) is 28.9 Å². The van der Waals surface area contributed by atoms with Crippen molar-refractivity contribution >= 4 is 46.7 Å². The molecule has 3 N–H and O–H groups in total. The number of nitrogens with one attached hydrogen (secondary N) is 1. The van der Waals surface area contributed by atoms with Crippen LogP contribution < -0.4 is 10.5 Å². The van der Waals surface area contributed by atoms with Crippen molar-refractivity contribution in [2.45, 2.75) is 36.7 Å². The van der Waals surface area contributed by atoms with Crippen LogP contribution in [0.4, 0.5) is 5.69 Å². The van der Waals surface area contributed by atoms with Gasteiger partial charge >= 0.3 is 0 Å². The summed E-state index contributed by atoms with van der Waals surface area (Å²) in [5.41, 5.74) is 10.3. The molecule has 1 atom stereocenters. The molecule has 0 saturated carbocycles. The molecule has 0 spiro atoms. The summed E-state index contributed by atoms with van der Waals surface area (Å²) in [5, 5.41) is 0.953. The summed E-state index contributed by atoms with van der Waals surface area (Å²) in [6, 6.07) is 21.5. The number of hydrogen-bond donors (Lipinski definition) is 2. The maximum absolute atomic E-state index is 13.5. The second kappa shape index (κ2) is 10.6. The smallest absolute Gasteiger partial charge is 0.240 e. The molecule has 0 aromatic heterocycles. The number of nitrogen functional groups attached to an aromatic ring is 1. The zero-order valence-electron chi connectivity index (χ0n) is 17.6. The SMILES string of the molecule is Nc1cc(Cl)cc(Cl)c1SNC(CCc1ccccc1)C(=O)N1CCc2ccccc2C1. The van der Waals surface area contributed by atoms with Crippen LogP contribution in [0.1, 0.15) is 23.1 Å². The monoisotopic (exact) mass is 485 g/mol. The molecule has 32 heavy (non-hydrogen) atoms. The van der Waals surface area contributed by atoms with Crippen molar-refractivity contribution in [1.29, 1.82) is 0 Å². The van der Waals surface area contributed by atoms with E-state index < -0.39 is 0 Å². The Bertz CT molecular complexity index is 1070. The third-order valence-electron chi connectivity index (χ3n) is 5.65. The van der Waals surface area contributed by atoms with Crippen molar-refractivity contribution in [3.05, 3.63) is 93.5 Å². The second-order valence-electron chi connectivity index (χ2n) is 7.88. The topological polar surface area (TPSA) is 58.4 Å². The maximum atomic E-state index is 13.5. The number of rotatable bonds is 7. The van der Waals surface area contributed by atoms with Crippen LogP contribution in [0.25, 0.3) is 0 Å². The fraction of sp³-hybridized carbons (Fsp3) is 0.240. The Balaban J connectivity index is 1.50. The number of amides is 1. The minimum Gasteiger partial charge on any atom is -0.398 e. The molecule has 1 heterocycles. The van der Waals surface area contributed by atoms with Gasteiger partial charge in [-0.2, -0.15) is 0 Å². The number of hydrogen-bond acceptors (Lipinski definition) is 4. The molecule has 4 nitrogen and oxygen atoms in total. The van der Waals surface area contributed by atoms with Crippen molar-refractivity contribution in [3.8, 4) is 0 Å². The maximum Gasteiger partial charge on any atom is 0.240 e. The standard InChI is InChI=1S/C25H25Cl2N3OS/c26-20-14-21(27)24(22(28)15-20)32-29-23(11-10-17-6-2-1-3-7-17)25(31)30-13-12-18-8-4-5-9-19(18)16-30/h1-9,14-15,23,29H,10-13,16,28H2. The Morgan fingerprint density at radius 1 is 1.06 bits per heavy atom. The van der Waals surface area contributed by atoms with Crippen molar-refractivity contribution in [3.63, 3.8) is 0 Å². The highest BCUT2D eigenvalue weighted by atomic mass is 35.5. The molecular formula is C25H25Cl2N3OS. The van der Waals surface area contributed by atoms with E-state index in [1.807, 2.05) is 29.2 Å². The summed E-state index contributed by atoms with van der Waals surface area (Å²) >= 11 is 13.7. The van der Waals surface area contributed by atoms with Crippen molar-refractivity contribution in [2.75, 3.05) is 12.3 Å². The van der Waals surface area contributed by atoms with Crippen molar-refractivity contribution in [2.24, 2.45) is 0 Å². The lowest BCUT2D eigenvalue weighted by atomic mass is 9.98. The van der Waals surface area contributed by atoms with Crippen LogP contribution in [0.5, 0.6) is 0 Å². The number of carbonyl (C=O) groups excluding carboxylic acids is 1. The molecule has 166 valence electrons. The van der Waals surface area contributed by atoms with Gasteiger partial charge in [-0.25, -0.2) is 4.72 Å². The Morgan fingerprint density at radius 2 is 1.78 bits per heavy atom. The summed E-state index contributed by atoms with van der Waals surface area (Å²) in [7, 11) is 0. The number of nitrogens with two attached hydrogens (primary N) is 1. The van der Waals surface area contributed by atoms with Gasteiger partial charge in [0.1, 0.15) is 0 Å². The summed E-state index contributed by atoms with van der Waals surface area (Å²) in [4.78, 5) is 16.2. The minimum atomic E-state index is -0.378. The summed E-state index contributed by atoms with van der Waals surface area (Å²) in [6.45, 7) is 1.35. The highest BCUT2D eigenvalue weighted by Gasteiger charge is 2.27. The lowest BCUT2D eigenvalue weighted by molar-refractivity contribution is -0.134. The first-order valence-electron chi connectivity index (χ1n) is 10.6. The third-order valence-corrected chi connectivity index (χ3v) is 7.34. The molecule has 3 aromatic carbocycles. The van der Waals surface area contributed by atoms with Crippen molar-refractivity contribution < 1.29 is 4.79 Å². The quantitative estimate of drug-likeness (QED) is 0.330. The third kappa shape index (κ3) is 5.59. The fourth-order valence-electron chi connectivity index (χ4n) is 3.91. The minimum absolute atomic E-state index is 0.0894. The molecule has 0 saturated heterocycles. The van der Waals surface area contributed by atoms with E-state index in [1.165, 1.54) is 28.6 Å². The molecule has 4 rings (SSSR count). The first-order valence-corrected chi connectivity index (χ1v) is 12.1. The highest BCUT2D eigenvalue weighted by Crippen LogP contribution is 2.34. The van der Waals surface area contributed by atoms with E-state index in [9.17, 15) is 4.79 Å².